The van der Waals surface area contributed by atoms with E-state index in [4.69, 9.17) is 4.74 Å². The second-order valence-electron chi connectivity index (χ2n) is 5.41. The number of hydrogen-bond donors (Lipinski definition) is 1. The molecule has 3 rings (SSSR count). The molecule has 2 aromatic carbocycles. The molecule has 3 aromatic rings. The molecule has 7 heteroatoms. The second kappa shape index (κ2) is 8.86. The van der Waals surface area contributed by atoms with Crippen molar-refractivity contribution >= 4 is 34.0 Å². The zero-order valence-corrected chi connectivity index (χ0v) is 15.6. The largest absolute Gasteiger partial charge is 0.423 e. The number of benzene rings is 2. The summed E-state index contributed by atoms with van der Waals surface area (Å²) in [6.45, 7) is 0. The summed E-state index contributed by atoms with van der Waals surface area (Å²) in [7, 11) is 0. The third-order valence-electron chi connectivity index (χ3n) is 3.43. The number of pyridine rings is 1. The Morgan fingerprint density at radius 2 is 1.85 bits per heavy atom. The van der Waals surface area contributed by atoms with E-state index in [1.165, 1.54) is 12.4 Å². The lowest BCUT2D eigenvalue weighted by atomic mass is 10.2. The van der Waals surface area contributed by atoms with Crippen molar-refractivity contribution in [1.29, 1.82) is 0 Å². The van der Waals surface area contributed by atoms with Crippen LogP contribution in [0.2, 0.25) is 0 Å². The molecule has 0 bridgehead atoms. The molecule has 1 N–H and O–H groups in total. The number of carbonyl (C=O) groups is 2. The number of esters is 1. The first-order valence-corrected chi connectivity index (χ1v) is 8.72. The first kappa shape index (κ1) is 18.5. The minimum absolute atomic E-state index is 0.364. The van der Waals surface area contributed by atoms with Gasteiger partial charge in [-0.15, -0.1) is 0 Å². The van der Waals surface area contributed by atoms with Crippen molar-refractivity contribution in [2.45, 2.75) is 0 Å². The zero-order chi connectivity index (χ0) is 19.1. The van der Waals surface area contributed by atoms with Crippen molar-refractivity contribution in [3.63, 3.8) is 0 Å². The minimum Gasteiger partial charge on any atom is -0.423 e. The number of nitrogens with one attached hydrogen (secondary N) is 1. The van der Waals surface area contributed by atoms with Gasteiger partial charge in [-0.2, -0.15) is 5.10 Å². The van der Waals surface area contributed by atoms with E-state index in [0.717, 1.165) is 4.47 Å². The molecule has 1 aromatic heterocycles. The molecule has 0 spiro atoms. The maximum Gasteiger partial charge on any atom is 0.343 e. The monoisotopic (exact) mass is 423 g/mol. The van der Waals surface area contributed by atoms with Crippen molar-refractivity contribution in [1.82, 2.24) is 10.4 Å². The van der Waals surface area contributed by atoms with Crippen LogP contribution >= 0.6 is 15.9 Å². The van der Waals surface area contributed by atoms with Gasteiger partial charge in [0.25, 0.3) is 5.91 Å². The molecule has 27 heavy (non-hydrogen) atoms. The predicted molar refractivity (Wildman–Crippen MR) is 105 cm³/mol. The molecule has 0 radical (unpaired) electrons. The fourth-order valence-electron chi connectivity index (χ4n) is 2.17. The van der Waals surface area contributed by atoms with Crippen LogP contribution in [0.15, 0.2) is 82.6 Å². The first-order valence-electron chi connectivity index (χ1n) is 7.93. The molecule has 1 heterocycles. The molecule has 0 unspecified atom stereocenters. The molecule has 1 amide bonds. The highest BCUT2D eigenvalue weighted by Crippen LogP contribution is 2.16. The highest BCUT2D eigenvalue weighted by molar-refractivity contribution is 9.10. The number of nitrogens with zero attached hydrogens (tertiary/aromatic N) is 2. The average Bonchev–Trinajstić information content (AvgIpc) is 2.69. The summed E-state index contributed by atoms with van der Waals surface area (Å²) in [6.07, 6.45) is 4.50. The Hall–Kier alpha value is -3.32. The Morgan fingerprint density at radius 3 is 2.63 bits per heavy atom. The Labute approximate surface area is 164 Å². The second-order valence-corrected chi connectivity index (χ2v) is 6.33. The van der Waals surface area contributed by atoms with Gasteiger partial charge in [-0.05, 0) is 48.0 Å². The van der Waals surface area contributed by atoms with Crippen LogP contribution < -0.4 is 10.2 Å². The highest BCUT2D eigenvalue weighted by atomic mass is 79.9. The lowest BCUT2D eigenvalue weighted by Crippen LogP contribution is -2.17. The maximum atomic E-state index is 12.2. The number of hydrogen-bond acceptors (Lipinski definition) is 5. The van der Waals surface area contributed by atoms with Gasteiger partial charge in [0.1, 0.15) is 5.75 Å². The molecular weight excluding hydrogens is 410 g/mol. The maximum absolute atomic E-state index is 12.2. The third kappa shape index (κ3) is 5.32. The number of amides is 1. The van der Waals surface area contributed by atoms with Crippen LogP contribution in [0.25, 0.3) is 0 Å². The van der Waals surface area contributed by atoms with E-state index in [9.17, 15) is 9.59 Å². The summed E-state index contributed by atoms with van der Waals surface area (Å²) in [5, 5.41) is 3.91. The molecule has 0 aliphatic heterocycles. The fourth-order valence-corrected chi connectivity index (χ4v) is 2.57. The number of ether oxygens (including phenoxy) is 1. The number of rotatable bonds is 5. The zero-order valence-electron chi connectivity index (χ0n) is 14.0. The summed E-state index contributed by atoms with van der Waals surface area (Å²) in [5.41, 5.74) is 3.93. The summed E-state index contributed by atoms with van der Waals surface area (Å²) in [5.74, 6) is -0.450. The molecular formula is C20H14BrN3O3. The minimum atomic E-state index is -0.463. The summed E-state index contributed by atoms with van der Waals surface area (Å²) in [4.78, 5) is 28.0. The van der Waals surface area contributed by atoms with E-state index in [1.807, 2.05) is 6.07 Å². The number of halogens is 1. The molecule has 0 saturated heterocycles. The third-order valence-corrected chi connectivity index (χ3v) is 3.93. The van der Waals surface area contributed by atoms with Gasteiger partial charge >= 0.3 is 5.97 Å². The Morgan fingerprint density at radius 1 is 1.04 bits per heavy atom. The van der Waals surface area contributed by atoms with Crippen LogP contribution in [-0.2, 0) is 0 Å². The van der Waals surface area contributed by atoms with Crippen molar-refractivity contribution in [2.24, 2.45) is 5.10 Å². The van der Waals surface area contributed by atoms with Crippen LogP contribution in [0.1, 0.15) is 26.3 Å². The van der Waals surface area contributed by atoms with Gasteiger partial charge in [-0.3, -0.25) is 9.78 Å². The van der Waals surface area contributed by atoms with E-state index in [2.05, 4.69) is 31.4 Å². The van der Waals surface area contributed by atoms with E-state index in [0.29, 0.717) is 22.4 Å². The molecule has 0 atom stereocenters. The van der Waals surface area contributed by atoms with Gasteiger partial charge in [-0.1, -0.05) is 34.1 Å². The van der Waals surface area contributed by atoms with Gasteiger partial charge in [0, 0.05) is 16.9 Å². The summed E-state index contributed by atoms with van der Waals surface area (Å²) >= 11 is 3.32. The Balaban J connectivity index is 1.63. The molecule has 0 aliphatic rings. The van der Waals surface area contributed by atoms with Crippen LogP contribution in [0.3, 0.4) is 0 Å². The lowest BCUT2D eigenvalue weighted by molar-refractivity contribution is 0.0734. The number of hydrazone groups is 1. The SMILES string of the molecule is O=C(N/N=C/c1cccc(OC(=O)c2cccc(Br)c2)c1)c1cccnc1. The smallest absolute Gasteiger partial charge is 0.343 e. The van der Waals surface area contributed by atoms with Crippen molar-refractivity contribution in [2.75, 3.05) is 0 Å². The van der Waals surface area contributed by atoms with Crippen molar-refractivity contribution in [3.8, 4) is 5.75 Å². The standard InChI is InChI=1S/C20H14BrN3O3/c21-17-7-2-5-15(11-17)20(26)27-18-8-1-4-14(10-18)12-23-24-19(25)16-6-3-9-22-13-16/h1-13H,(H,24,25)/b23-12+. The lowest BCUT2D eigenvalue weighted by Gasteiger charge is -2.05. The van der Waals surface area contributed by atoms with Gasteiger partial charge in [0.15, 0.2) is 0 Å². The Kier molecular flexibility index (Phi) is 6.06. The number of aromatic nitrogens is 1. The van der Waals surface area contributed by atoms with Gasteiger partial charge in [0.05, 0.1) is 17.3 Å². The van der Waals surface area contributed by atoms with Crippen LogP contribution in [0.5, 0.6) is 5.75 Å². The molecule has 134 valence electrons. The fraction of sp³-hybridized carbons (Fsp3) is 0. The topological polar surface area (TPSA) is 80.6 Å². The van der Waals surface area contributed by atoms with Crippen LogP contribution in [0.4, 0.5) is 0 Å². The highest BCUT2D eigenvalue weighted by Gasteiger charge is 2.09. The van der Waals surface area contributed by atoms with E-state index < -0.39 is 5.97 Å². The first-order chi connectivity index (χ1) is 13.1. The van der Waals surface area contributed by atoms with E-state index in [1.54, 1.807) is 60.8 Å². The van der Waals surface area contributed by atoms with E-state index in [-0.39, 0.29) is 5.91 Å². The van der Waals surface area contributed by atoms with E-state index >= 15 is 0 Å². The molecule has 0 fully saturated rings. The summed E-state index contributed by atoms with van der Waals surface area (Å²) < 4.78 is 6.17. The van der Waals surface area contributed by atoms with Crippen LogP contribution in [0, 0.1) is 0 Å². The molecule has 0 saturated carbocycles. The van der Waals surface area contributed by atoms with Gasteiger partial charge < -0.3 is 4.74 Å². The van der Waals surface area contributed by atoms with Crippen molar-refractivity contribution < 1.29 is 14.3 Å². The molecule has 6 nitrogen and oxygen atoms in total. The Bertz CT molecular complexity index is 991. The average molecular weight is 424 g/mol. The quantitative estimate of drug-likeness (QED) is 0.292. The summed E-state index contributed by atoms with van der Waals surface area (Å²) in [6, 6.07) is 17.1. The van der Waals surface area contributed by atoms with Crippen molar-refractivity contribution in [3.05, 3.63) is 94.2 Å². The van der Waals surface area contributed by atoms with Crippen LogP contribution in [-0.4, -0.2) is 23.1 Å². The normalized spacial score (nSPS) is 10.6. The van der Waals surface area contributed by atoms with Gasteiger partial charge in [-0.25, -0.2) is 10.2 Å². The molecule has 0 aliphatic carbocycles. The predicted octanol–water partition coefficient (Wildman–Crippen LogP) is 3.83. The van der Waals surface area contributed by atoms with Gasteiger partial charge in [0.2, 0.25) is 0 Å². The number of carbonyl (C=O) groups excluding carboxylic acids is 2.